The van der Waals surface area contributed by atoms with Gasteiger partial charge in [-0.15, -0.1) is 0 Å². The molecule has 0 aliphatic carbocycles. The van der Waals surface area contributed by atoms with Crippen molar-refractivity contribution in [3.05, 3.63) is 35.9 Å². The van der Waals surface area contributed by atoms with Gasteiger partial charge in [0.05, 0.1) is 13.1 Å². The average Bonchev–Trinajstić information content (AvgIpc) is 2.70. The Morgan fingerprint density at radius 3 is 1.67 bits per heavy atom. The fourth-order valence-corrected chi connectivity index (χ4v) is 3.40. The molecule has 0 unspecified atom stereocenters. The van der Waals surface area contributed by atoms with Crippen LogP contribution in [0.4, 0.5) is 17.3 Å². The Labute approximate surface area is 191 Å². The van der Waals surface area contributed by atoms with Crippen LogP contribution in [0.5, 0.6) is 0 Å². The van der Waals surface area contributed by atoms with Crippen molar-refractivity contribution < 1.29 is 17.2 Å². The summed E-state index contributed by atoms with van der Waals surface area (Å²) in [5.41, 5.74) is 1.88. The highest BCUT2D eigenvalue weighted by Crippen LogP contribution is 2.32. The van der Waals surface area contributed by atoms with Gasteiger partial charge in [0.25, 0.3) is 0 Å². The van der Waals surface area contributed by atoms with Gasteiger partial charge in [-0.05, 0) is 24.0 Å². The van der Waals surface area contributed by atoms with Crippen molar-refractivity contribution >= 4 is 39.8 Å². The zero-order chi connectivity index (χ0) is 21.7. The minimum absolute atomic E-state index is 0. The summed E-state index contributed by atoms with van der Waals surface area (Å²) < 4.78 is 0. The third-order valence-electron chi connectivity index (χ3n) is 4.57. The third kappa shape index (κ3) is 5.46. The van der Waals surface area contributed by atoms with Crippen molar-refractivity contribution in [2.75, 3.05) is 70.1 Å². The number of benzene rings is 1. The summed E-state index contributed by atoms with van der Waals surface area (Å²) in [6.45, 7) is 5.78. The SMILES string of the molecule is CCN(CC)/C(=C(\Cl)c1ccccc1)[n+]1nc(N(C)C)c(N(C)C)c(N(C)C)n1.[Cl-]. The van der Waals surface area contributed by atoms with E-state index < -0.39 is 0 Å². The van der Waals surface area contributed by atoms with Gasteiger partial charge in [0.2, 0.25) is 11.6 Å². The van der Waals surface area contributed by atoms with Gasteiger partial charge in [0, 0.05) is 52.6 Å². The number of hydrogen-bond acceptors (Lipinski definition) is 6. The van der Waals surface area contributed by atoms with Gasteiger partial charge in [0.1, 0.15) is 10.7 Å². The van der Waals surface area contributed by atoms with E-state index in [0.717, 1.165) is 41.8 Å². The molecule has 2 aromatic rings. The first-order valence-corrected chi connectivity index (χ1v) is 10.2. The summed E-state index contributed by atoms with van der Waals surface area (Å²) in [6.07, 6.45) is 0. The number of hydrogen-bond donors (Lipinski definition) is 0. The molecule has 0 atom stereocenters. The van der Waals surface area contributed by atoms with Crippen LogP contribution in [0.25, 0.3) is 10.9 Å². The van der Waals surface area contributed by atoms with E-state index >= 15 is 0 Å². The molecule has 0 bridgehead atoms. The Bertz CT molecular complexity index is 819. The minimum atomic E-state index is 0. The quantitative estimate of drug-likeness (QED) is 0.517. The van der Waals surface area contributed by atoms with Crippen molar-refractivity contribution in [1.29, 1.82) is 0 Å². The highest BCUT2D eigenvalue weighted by atomic mass is 35.5. The van der Waals surface area contributed by atoms with E-state index in [1.54, 1.807) is 4.80 Å². The summed E-state index contributed by atoms with van der Waals surface area (Å²) in [4.78, 5) is 9.87. The van der Waals surface area contributed by atoms with Crippen LogP contribution >= 0.6 is 11.6 Å². The monoisotopic (exact) mass is 453 g/mol. The fourth-order valence-electron chi connectivity index (χ4n) is 3.08. The fraction of sp³-hybridized carbons (Fsp3) is 0.476. The Balaban J connectivity index is 0.00000450. The molecule has 166 valence electrons. The smallest absolute Gasteiger partial charge is 0.344 e. The molecule has 0 fully saturated rings. The maximum atomic E-state index is 6.92. The molecule has 0 saturated carbocycles. The Kier molecular flexibility index (Phi) is 9.65. The highest BCUT2D eigenvalue weighted by molar-refractivity contribution is 6.51. The Morgan fingerprint density at radius 2 is 1.30 bits per heavy atom. The van der Waals surface area contributed by atoms with Crippen molar-refractivity contribution in [2.24, 2.45) is 0 Å². The summed E-state index contributed by atoms with van der Waals surface area (Å²) in [5, 5.41) is 10.4. The van der Waals surface area contributed by atoms with Crippen LogP contribution < -0.4 is 31.9 Å². The van der Waals surface area contributed by atoms with E-state index in [-0.39, 0.29) is 12.4 Å². The molecule has 0 radical (unpaired) electrons. The molecule has 0 aliphatic heterocycles. The molecular weight excluding hydrogens is 421 g/mol. The maximum Gasteiger partial charge on any atom is 0.344 e. The molecule has 9 heteroatoms. The van der Waals surface area contributed by atoms with Gasteiger partial charge in [-0.25, -0.2) is 0 Å². The number of halogens is 2. The van der Waals surface area contributed by atoms with E-state index in [0.29, 0.717) is 5.03 Å². The van der Waals surface area contributed by atoms with Crippen LogP contribution in [-0.2, 0) is 0 Å². The molecule has 0 aliphatic rings. The minimum Gasteiger partial charge on any atom is -1.00 e. The van der Waals surface area contributed by atoms with Crippen LogP contribution in [0, 0.1) is 0 Å². The molecule has 30 heavy (non-hydrogen) atoms. The standard InChI is InChI=1S/C21H33ClN7.ClH/c1-9-28(10-2)21(17(22)16-14-12-11-13-15-16)29-23-19(26(5)6)18(25(3)4)20(24-29)27(7)8;/h11-15H,9-10H2,1-8H3;1H/q+1;/p-1/b21-17+;. The van der Waals surface area contributed by atoms with Crippen molar-refractivity contribution in [3.8, 4) is 0 Å². The molecule has 1 heterocycles. The van der Waals surface area contributed by atoms with Gasteiger partial charge in [-0.3, -0.25) is 4.90 Å². The highest BCUT2D eigenvalue weighted by Gasteiger charge is 2.30. The van der Waals surface area contributed by atoms with Crippen molar-refractivity contribution in [3.63, 3.8) is 0 Å². The lowest BCUT2D eigenvalue weighted by Gasteiger charge is -2.26. The summed E-state index contributed by atoms with van der Waals surface area (Å²) in [6, 6.07) is 9.94. The predicted octanol–water partition coefficient (Wildman–Crippen LogP) is -0.170. The normalized spacial score (nSPS) is 11.4. The molecule has 1 aromatic carbocycles. The molecular formula is C21H33Cl2N7. The van der Waals surface area contributed by atoms with Crippen LogP contribution in [0.2, 0.25) is 0 Å². The summed E-state index contributed by atoms with van der Waals surface area (Å²) in [5.74, 6) is 2.39. The van der Waals surface area contributed by atoms with Gasteiger partial charge in [0.15, 0.2) is 0 Å². The number of anilines is 3. The van der Waals surface area contributed by atoms with Gasteiger partial charge in [-0.2, -0.15) is 0 Å². The molecule has 7 nitrogen and oxygen atoms in total. The summed E-state index contributed by atoms with van der Waals surface area (Å²) in [7, 11) is 11.9. The second-order valence-electron chi connectivity index (χ2n) is 7.34. The predicted molar refractivity (Wildman–Crippen MR) is 124 cm³/mol. The largest absolute Gasteiger partial charge is 1.00 e. The Morgan fingerprint density at radius 1 is 0.833 bits per heavy atom. The van der Waals surface area contributed by atoms with Crippen molar-refractivity contribution in [2.45, 2.75) is 13.8 Å². The van der Waals surface area contributed by atoms with E-state index in [9.17, 15) is 0 Å². The van der Waals surface area contributed by atoms with Crippen LogP contribution in [0.1, 0.15) is 19.4 Å². The van der Waals surface area contributed by atoms with E-state index in [4.69, 9.17) is 21.8 Å². The molecule has 1 aromatic heterocycles. The zero-order valence-electron chi connectivity index (χ0n) is 19.2. The first kappa shape index (κ1) is 25.8. The molecule has 0 amide bonds. The van der Waals surface area contributed by atoms with Gasteiger partial charge < -0.3 is 27.1 Å². The Hall–Kier alpha value is -2.25. The van der Waals surface area contributed by atoms with Crippen LogP contribution in [-0.4, -0.2) is 70.5 Å². The second-order valence-corrected chi connectivity index (χ2v) is 7.72. The third-order valence-corrected chi connectivity index (χ3v) is 4.96. The number of aromatic nitrogens is 3. The number of nitrogens with zero attached hydrogens (tertiary/aromatic N) is 7. The van der Waals surface area contributed by atoms with Crippen LogP contribution in [0.15, 0.2) is 30.3 Å². The number of rotatable bonds is 8. The summed E-state index contributed by atoms with van der Waals surface area (Å²) >= 11 is 6.92. The lowest BCUT2D eigenvalue weighted by atomic mass is 10.2. The van der Waals surface area contributed by atoms with Gasteiger partial charge in [-0.1, -0.05) is 41.9 Å². The average molecular weight is 454 g/mol. The first-order chi connectivity index (χ1) is 13.7. The first-order valence-electron chi connectivity index (χ1n) is 9.79. The molecule has 0 N–H and O–H groups in total. The topological polar surface area (TPSA) is 42.6 Å². The zero-order valence-corrected chi connectivity index (χ0v) is 20.7. The lowest BCUT2D eigenvalue weighted by molar-refractivity contribution is -0.712. The van der Waals surface area contributed by atoms with E-state index in [2.05, 4.69) is 18.7 Å². The van der Waals surface area contributed by atoms with Crippen molar-refractivity contribution in [1.82, 2.24) is 15.1 Å². The molecule has 0 saturated heterocycles. The second kappa shape index (κ2) is 11.2. The maximum absolute atomic E-state index is 6.92. The van der Waals surface area contributed by atoms with Crippen LogP contribution in [0.3, 0.4) is 0 Å². The van der Waals surface area contributed by atoms with Gasteiger partial charge >= 0.3 is 5.82 Å². The van der Waals surface area contributed by atoms with E-state index in [1.807, 2.05) is 87.3 Å². The molecule has 0 spiro atoms. The lowest BCUT2D eigenvalue weighted by Crippen LogP contribution is -3.00. The van der Waals surface area contributed by atoms with E-state index in [1.165, 1.54) is 0 Å². The molecule has 2 rings (SSSR count).